The van der Waals surface area contributed by atoms with Crippen molar-refractivity contribution in [2.45, 2.75) is 17.7 Å². The van der Waals surface area contributed by atoms with Crippen molar-refractivity contribution in [1.82, 2.24) is 9.62 Å². The lowest BCUT2D eigenvalue weighted by Gasteiger charge is -2.26. The van der Waals surface area contributed by atoms with Crippen molar-refractivity contribution in [3.63, 3.8) is 0 Å². The van der Waals surface area contributed by atoms with Gasteiger partial charge in [0.2, 0.25) is 10.0 Å². The lowest BCUT2D eigenvalue weighted by Crippen LogP contribution is -2.40. The zero-order valence-corrected chi connectivity index (χ0v) is 14.9. The second-order valence-electron chi connectivity index (χ2n) is 5.49. The maximum absolute atomic E-state index is 12.5. The molecule has 0 spiro atoms. The number of ether oxygens (including phenoxy) is 2. The van der Waals surface area contributed by atoms with Gasteiger partial charge in [0.1, 0.15) is 0 Å². The molecule has 0 aromatic heterocycles. The van der Waals surface area contributed by atoms with Gasteiger partial charge < -0.3 is 14.8 Å². The standard InChI is InChI=1S/C16H22N2O6S/c1-17-15(19)12-24-16(20)7-4-13-2-5-14(6-3-13)25(21,22)18-8-10-23-11-9-18/h2-3,5-6H,4,7-12H2,1H3,(H,17,19). The molecule has 1 heterocycles. The molecule has 1 aliphatic rings. The molecule has 25 heavy (non-hydrogen) atoms. The van der Waals surface area contributed by atoms with Gasteiger partial charge in [0.15, 0.2) is 6.61 Å². The number of morpholine rings is 1. The van der Waals surface area contributed by atoms with Gasteiger partial charge in [-0.1, -0.05) is 12.1 Å². The highest BCUT2D eigenvalue weighted by Crippen LogP contribution is 2.18. The lowest BCUT2D eigenvalue weighted by molar-refractivity contribution is -0.148. The van der Waals surface area contributed by atoms with E-state index >= 15 is 0 Å². The average Bonchev–Trinajstić information content (AvgIpc) is 2.65. The summed E-state index contributed by atoms with van der Waals surface area (Å²) in [6.45, 7) is 1.19. The molecule has 1 saturated heterocycles. The number of benzene rings is 1. The Hall–Kier alpha value is -1.97. The summed E-state index contributed by atoms with van der Waals surface area (Å²) in [5, 5.41) is 2.36. The van der Waals surface area contributed by atoms with Gasteiger partial charge in [-0.25, -0.2) is 8.42 Å². The van der Waals surface area contributed by atoms with Crippen molar-refractivity contribution in [2.24, 2.45) is 0 Å². The summed E-state index contributed by atoms with van der Waals surface area (Å²) in [7, 11) is -2.05. The fourth-order valence-electron chi connectivity index (χ4n) is 2.30. The van der Waals surface area contributed by atoms with Crippen LogP contribution in [0.5, 0.6) is 0 Å². The molecule has 1 fully saturated rings. The number of hydrogen-bond donors (Lipinski definition) is 1. The van der Waals surface area contributed by atoms with E-state index in [0.717, 1.165) is 5.56 Å². The minimum absolute atomic E-state index is 0.118. The third kappa shape index (κ3) is 5.52. The Labute approximate surface area is 147 Å². The van der Waals surface area contributed by atoms with E-state index < -0.39 is 16.0 Å². The van der Waals surface area contributed by atoms with Crippen molar-refractivity contribution >= 4 is 21.9 Å². The number of nitrogens with zero attached hydrogens (tertiary/aromatic N) is 1. The third-order valence-corrected chi connectivity index (χ3v) is 5.70. The van der Waals surface area contributed by atoms with Crippen LogP contribution in [0.25, 0.3) is 0 Å². The molecular formula is C16H22N2O6S. The Morgan fingerprint density at radius 3 is 2.44 bits per heavy atom. The van der Waals surface area contributed by atoms with Crippen LogP contribution in [0.3, 0.4) is 0 Å². The van der Waals surface area contributed by atoms with Crippen molar-refractivity contribution in [3.05, 3.63) is 29.8 Å². The van der Waals surface area contributed by atoms with Gasteiger partial charge in [-0.05, 0) is 24.1 Å². The summed E-state index contributed by atoms with van der Waals surface area (Å²) < 4.78 is 36.4. The monoisotopic (exact) mass is 370 g/mol. The fraction of sp³-hybridized carbons (Fsp3) is 0.500. The summed E-state index contributed by atoms with van der Waals surface area (Å²) in [6.07, 6.45) is 0.525. The van der Waals surface area contributed by atoms with Gasteiger partial charge in [0.25, 0.3) is 5.91 Å². The summed E-state index contributed by atoms with van der Waals surface area (Å²) in [5.74, 6) is -0.848. The first-order valence-electron chi connectivity index (χ1n) is 7.96. The normalized spacial score (nSPS) is 15.6. The van der Waals surface area contributed by atoms with E-state index in [1.54, 1.807) is 12.1 Å². The molecule has 1 N–H and O–H groups in total. The summed E-state index contributed by atoms with van der Waals surface area (Å²) in [5.41, 5.74) is 0.817. The summed E-state index contributed by atoms with van der Waals surface area (Å²) in [4.78, 5) is 22.8. The first-order valence-corrected chi connectivity index (χ1v) is 9.40. The van der Waals surface area contributed by atoms with Gasteiger partial charge in [0, 0.05) is 26.6 Å². The number of sulfonamides is 1. The van der Waals surface area contributed by atoms with Crippen molar-refractivity contribution < 1.29 is 27.5 Å². The number of carbonyl (C=O) groups is 2. The van der Waals surface area contributed by atoms with Gasteiger partial charge >= 0.3 is 5.97 Å². The fourth-order valence-corrected chi connectivity index (χ4v) is 3.71. The molecular weight excluding hydrogens is 348 g/mol. The topological polar surface area (TPSA) is 102 Å². The average molecular weight is 370 g/mol. The van der Waals surface area contributed by atoms with Gasteiger partial charge in [0.05, 0.1) is 18.1 Å². The van der Waals surface area contributed by atoms with E-state index in [-0.39, 0.29) is 23.8 Å². The highest BCUT2D eigenvalue weighted by Gasteiger charge is 2.26. The van der Waals surface area contributed by atoms with Gasteiger partial charge in [-0.3, -0.25) is 9.59 Å². The van der Waals surface area contributed by atoms with E-state index in [2.05, 4.69) is 5.32 Å². The maximum Gasteiger partial charge on any atom is 0.306 e. The van der Waals surface area contributed by atoms with Crippen LogP contribution < -0.4 is 5.32 Å². The molecule has 138 valence electrons. The SMILES string of the molecule is CNC(=O)COC(=O)CCc1ccc(S(=O)(=O)N2CCOCC2)cc1. The molecule has 0 atom stereocenters. The number of nitrogens with one attached hydrogen (secondary N) is 1. The second-order valence-corrected chi connectivity index (χ2v) is 7.43. The third-order valence-electron chi connectivity index (χ3n) is 3.79. The van der Waals surface area contributed by atoms with E-state index in [1.807, 2.05) is 0 Å². The Morgan fingerprint density at radius 2 is 1.84 bits per heavy atom. The molecule has 1 aromatic rings. The Bertz CT molecular complexity index is 696. The summed E-state index contributed by atoms with van der Waals surface area (Å²) >= 11 is 0. The number of amides is 1. The smallest absolute Gasteiger partial charge is 0.306 e. The van der Waals surface area contributed by atoms with Crippen molar-refractivity contribution in [3.8, 4) is 0 Å². The molecule has 1 aliphatic heterocycles. The van der Waals surface area contributed by atoms with E-state index in [4.69, 9.17) is 9.47 Å². The van der Waals surface area contributed by atoms with Crippen molar-refractivity contribution in [1.29, 1.82) is 0 Å². The van der Waals surface area contributed by atoms with Crippen LogP contribution in [0.2, 0.25) is 0 Å². The number of carbonyl (C=O) groups excluding carboxylic acids is 2. The first-order chi connectivity index (χ1) is 11.9. The molecule has 0 unspecified atom stereocenters. The van der Waals surface area contributed by atoms with Crippen LogP contribution in [0.15, 0.2) is 29.2 Å². The van der Waals surface area contributed by atoms with E-state index in [9.17, 15) is 18.0 Å². The minimum Gasteiger partial charge on any atom is -0.456 e. The maximum atomic E-state index is 12.5. The molecule has 1 aromatic carbocycles. The molecule has 0 bridgehead atoms. The molecule has 9 heteroatoms. The largest absolute Gasteiger partial charge is 0.456 e. The van der Waals surface area contributed by atoms with Crippen LogP contribution in [-0.2, 0) is 35.5 Å². The number of rotatable bonds is 7. The number of hydrogen-bond acceptors (Lipinski definition) is 6. The van der Waals surface area contributed by atoms with Crippen LogP contribution in [0.4, 0.5) is 0 Å². The zero-order chi connectivity index (χ0) is 18.3. The zero-order valence-electron chi connectivity index (χ0n) is 14.1. The van der Waals surface area contributed by atoms with Crippen LogP contribution in [-0.4, -0.2) is 64.6 Å². The minimum atomic E-state index is -3.51. The van der Waals surface area contributed by atoms with Crippen LogP contribution in [0, 0.1) is 0 Å². The summed E-state index contributed by atoms with van der Waals surface area (Å²) in [6, 6.07) is 6.44. The molecule has 0 saturated carbocycles. The Balaban J connectivity index is 1.89. The van der Waals surface area contributed by atoms with E-state index in [1.165, 1.54) is 23.5 Å². The highest BCUT2D eigenvalue weighted by atomic mass is 32.2. The first kappa shape index (κ1) is 19.4. The number of aryl methyl sites for hydroxylation is 1. The predicted molar refractivity (Wildman–Crippen MR) is 89.4 cm³/mol. The molecule has 2 rings (SSSR count). The molecule has 0 radical (unpaired) electrons. The lowest BCUT2D eigenvalue weighted by atomic mass is 10.1. The highest BCUT2D eigenvalue weighted by molar-refractivity contribution is 7.89. The van der Waals surface area contributed by atoms with E-state index in [0.29, 0.717) is 32.7 Å². The predicted octanol–water partition coefficient (Wildman–Crippen LogP) is -0.0707. The number of likely N-dealkylation sites (N-methyl/N-ethyl adjacent to an activating group) is 1. The van der Waals surface area contributed by atoms with Crippen LogP contribution in [0.1, 0.15) is 12.0 Å². The van der Waals surface area contributed by atoms with Gasteiger partial charge in [-0.2, -0.15) is 4.31 Å². The molecule has 8 nitrogen and oxygen atoms in total. The quantitative estimate of drug-likeness (QED) is 0.674. The number of esters is 1. The second kappa shape index (κ2) is 8.93. The van der Waals surface area contributed by atoms with Crippen LogP contribution >= 0.6 is 0 Å². The molecule has 0 aliphatic carbocycles. The Kier molecular flexibility index (Phi) is 6.91. The van der Waals surface area contributed by atoms with Gasteiger partial charge in [-0.15, -0.1) is 0 Å². The van der Waals surface area contributed by atoms with Crippen molar-refractivity contribution in [2.75, 3.05) is 40.0 Å². The Morgan fingerprint density at radius 1 is 1.20 bits per heavy atom. The molecule has 1 amide bonds.